The lowest BCUT2D eigenvalue weighted by Gasteiger charge is -2.13. The Morgan fingerprint density at radius 2 is 1.86 bits per heavy atom. The summed E-state index contributed by atoms with van der Waals surface area (Å²) in [5, 5.41) is 0. The second-order valence-corrected chi connectivity index (χ2v) is 5.19. The van der Waals surface area contributed by atoms with Crippen LogP contribution in [0.5, 0.6) is 17.2 Å². The molecule has 1 aromatic carbocycles. The SMILES string of the molecule is COc1cccc(OC)c1OCc1ccc(C(=O)NN)s1. The number of rotatable bonds is 6. The van der Waals surface area contributed by atoms with Crippen molar-refractivity contribution in [3.8, 4) is 17.2 Å². The number of benzene rings is 1. The van der Waals surface area contributed by atoms with E-state index in [1.165, 1.54) is 11.3 Å². The van der Waals surface area contributed by atoms with Crippen molar-refractivity contribution in [3.05, 3.63) is 40.1 Å². The van der Waals surface area contributed by atoms with Gasteiger partial charge in [-0.05, 0) is 24.3 Å². The minimum atomic E-state index is -0.318. The van der Waals surface area contributed by atoms with E-state index >= 15 is 0 Å². The van der Waals surface area contributed by atoms with Crippen LogP contribution >= 0.6 is 11.3 Å². The predicted molar refractivity (Wildman–Crippen MR) is 79.9 cm³/mol. The number of nitrogens with one attached hydrogen (secondary N) is 1. The monoisotopic (exact) mass is 308 g/mol. The number of nitrogens with two attached hydrogens (primary N) is 1. The van der Waals surface area contributed by atoms with Gasteiger partial charge in [-0.1, -0.05) is 6.07 Å². The molecule has 0 fully saturated rings. The van der Waals surface area contributed by atoms with E-state index in [1.807, 2.05) is 12.1 Å². The van der Waals surface area contributed by atoms with Crippen LogP contribution in [0.25, 0.3) is 0 Å². The molecule has 1 heterocycles. The van der Waals surface area contributed by atoms with Gasteiger partial charge in [0.05, 0.1) is 19.1 Å². The summed E-state index contributed by atoms with van der Waals surface area (Å²) < 4.78 is 16.3. The molecular weight excluding hydrogens is 292 g/mol. The zero-order valence-electron chi connectivity index (χ0n) is 11.7. The van der Waals surface area contributed by atoms with Gasteiger partial charge in [0.2, 0.25) is 5.75 Å². The fraction of sp³-hybridized carbons (Fsp3) is 0.214. The van der Waals surface area contributed by atoms with Gasteiger partial charge in [-0.3, -0.25) is 10.2 Å². The van der Waals surface area contributed by atoms with Crippen LogP contribution in [0, 0.1) is 0 Å². The molecule has 0 saturated carbocycles. The Hall–Kier alpha value is -2.25. The van der Waals surface area contributed by atoms with Crippen LogP contribution in [0.1, 0.15) is 14.5 Å². The molecule has 0 bridgehead atoms. The maximum absolute atomic E-state index is 11.4. The third-order valence-electron chi connectivity index (χ3n) is 2.76. The summed E-state index contributed by atoms with van der Waals surface area (Å²) in [5.74, 6) is 6.48. The first kappa shape index (κ1) is 15.1. The van der Waals surface area contributed by atoms with Crippen LogP contribution < -0.4 is 25.5 Å². The highest BCUT2D eigenvalue weighted by Crippen LogP contribution is 2.37. The molecule has 0 radical (unpaired) electrons. The van der Waals surface area contributed by atoms with Crippen molar-refractivity contribution in [1.29, 1.82) is 0 Å². The Balaban J connectivity index is 2.13. The number of carbonyl (C=O) groups is 1. The fourth-order valence-electron chi connectivity index (χ4n) is 1.75. The van der Waals surface area contributed by atoms with Crippen molar-refractivity contribution in [3.63, 3.8) is 0 Å². The molecule has 0 saturated heterocycles. The van der Waals surface area contributed by atoms with Crippen molar-refractivity contribution in [2.24, 2.45) is 5.84 Å². The normalized spacial score (nSPS) is 10.0. The fourth-order valence-corrected chi connectivity index (χ4v) is 2.58. The molecule has 112 valence electrons. The van der Waals surface area contributed by atoms with Crippen LogP contribution in [-0.4, -0.2) is 20.1 Å². The van der Waals surface area contributed by atoms with Gasteiger partial charge in [-0.15, -0.1) is 11.3 Å². The summed E-state index contributed by atoms with van der Waals surface area (Å²) in [7, 11) is 3.13. The number of para-hydroxylation sites is 1. The third kappa shape index (κ3) is 3.45. The van der Waals surface area contributed by atoms with Gasteiger partial charge in [0, 0.05) is 4.88 Å². The summed E-state index contributed by atoms with van der Waals surface area (Å²) in [6.07, 6.45) is 0. The van der Waals surface area contributed by atoms with E-state index in [1.54, 1.807) is 32.4 Å². The van der Waals surface area contributed by atoms with E-state index in [4.69, 9.17) is 20.1 Å². The Bertz CT molecular complexity index is 605. The van der Waals surface area contributed by atoms with E-state index in [9.17, 15) is 4.79 Å². The lowest BCUT2D eigenvalue weighted by molar-refractivity contribution is 0.0957. The third-order valence-corrected chi connectivity index (χ3v) is 3.82. The number of carbonyl (C=O) groups excluding carboxylic acids is 1. The van der Waals surface area contributed by atoms with Crippen LogP contribution in [-0.2, 0) is 6.61 Å². The van der Waals surface area contributed by atoms with E-state index in [0.29, 0.717) is 28.7 Å². The van der Waals surface area contributed by atoms with Crippen LogP contribution in [0.2, 0.25) is 0 Å². The van der Waals surface area contributed by atoms with Crippen LogP contribution in [0.15, 0.2) is 30.3 Å². The highest BCUT2D eigenvalue weighted by atomic mass is 32.1. The van der Waals surface area contributed by atoms with Crippen molar-refractivity contribution in [2.45, 2.75) is 6.61 Å². The summed E-state index contributed by atoms with van der Waals surface area (Å²) >= 11 is 1.31. The molecule has 2 rings (SSSR count). The summed E-state index contributed by atoms with van der Waals surface area (Å²) in [6.45, 7) is 0.305. The molecule has 0 spiro atoms. The number of hydrogen-bond donors (Lipinski definition) is 2. The molecule has 3 N–H and O–H groups in total. The number of methoxy groups -OCH3 is 2. The van der Waals surface area contributed by atoms with Gasteiger partial charge in [0.1, 0.15) is 6.61 Å². The quantitative estimate of drug-likeness (QED) is 0.484. The van der Waals surface area contributed by atoms with Crippen LogP contribution in [0.4, 0.5) is 0 Å². The molecular formula is C14H16N2O4S. The number of hydrazine groups is 1. The van der Waals surface area contributed by atoms with Gasteiger partial charge >= 0.3 is 0 Å². The number of hydrogen-bond acceptors (Lipinski definition) is 6. The minimum Gasteiger partial charge on any atom is -0.493 e. The van der Waals surface area contributed by atoms with E-state index in [-0.39, 0.29) is 5.91 Å². The zero-order chi connectivity index (χ0) is 15.2. The number of nitrogen functional groups attached to an aromatic ring is 1. The highest BCUT2D eigenvalue weighted by Gasteiger charge is 2.13. The Morgan fingerprint density at radius 3 is 2.43 bits per heavy atom. The number of ether oxygens (including phenoxy) is 3. The van der Waals surface area contributed by atoms with Crippen molar-refractivity contribution in [2.75, 3.05) is 14.2 Å². The van der Waals surface area contributed by atoms with Gasteiger partial charge in [0.15, 0.2) is 11.5 Å². The molecule has 0 unspecified atom stereocenters. The summed E-state index contributed by atoms with van der Waals surface area (Å²) in [6, 6.07) is 8.92. The first-order chi connectivity index (χ1) is 10.2. The first-order valence-corrected chi connectivity index (χ1v) is 6.94. The van der Waals surface area contributed by atoms with E-state index < -0.39 is 0 Å². The molecule has 6 nitrogen and oxygen atoms in total. The Labute approximate surface area is 126 Å². The largest absolute Gasteiger partial charge is 0.493 e. The lowest BCUT2D eigenvalue weighted by Crippen LogP contribution is -2.29. The van der Waals surface area contributed by atoms with Gasteiger partial charge in [-0.2, -0.15) is 0 Å². The minimum absolute atomic E-state index is 0.305. The topological polar surface area (TPSA) is 82.8 Å². The standard InChI is InChI=1S/C14H16N2O4S/c1-18-10-4-3-5-11(19-2)13(10)20-8-9-6-7-12(21-9)14(17)16-15/h3-7H,8,15H2,1-2H3,(H,16,17). The molecule has 7 heteroatoms. The Morgan fingerprint density at radius 1 is 1.19 bits per heavy atom. The van der Waals surface area contributed by atoms with Crippen molar-refractivity contribution >= 4 is 17.2 Å². The molecule has 1 aromatic heterocycles. The molecule has 0 atom stereocenters. The van der Waals surface area contributed by atoms with Crippen LogP contribution in [0.3, 0.4) is 0 Å². The number of amides is 1. The maximum Gasteiger partial charge on any atom is 0.275 e. The second-order valence-electron chi connectivity index (χ2n) is 4.02. The molecule has 0 aliphatic carbocycles. The predicted octanol–water partition coefficient (Wildman–Crippen LogP) is 1.95. The molecule has 0 aliphatic heterocycles. The molecule has 2 aromatic rings. The van der Waals surface area contributed by atoms with E-state index in [2.05, 4.69) is 5.43 Å². The van der Waals surface area contributed by atoms with Crippen molar-refractivity contribution < 1.29 is 19.0 Å². The van der Waals surface area contributed by atoms with E-state index in [0.717, 1.165) is 4.88 Å². The molecule has 21 heavy (non-hydrogen) atoms. The highest BCUT2D eigenvalue weighted by molar-refractivity contribution is 7.14. The smallest absolute Gasteiger partial charge is 0.275 e. The molecule has 0 aliphatic rings. The molecule has 1 amide bonds. The average Bonchev–Trinajstić information content (AvgIpc) is 3.00. The average molecular weight is 308 g/mol. The summed E-state index contributed by atoms with van der Waals surface area (Å²) in [4.78, 5) is 12.8. The second kappa shape index (κ2) is 6.96. The number of thiophene rings is 1. The van der Waals surface area contributed by atoms with Crippen molar-refractivity contribution in [1.82, 2.24) is 5.43 Å². The zero-order valence-corrected chi connectivity index (χ0v) is 12.5. The Kier molecular flexibility index (Phi) is 5.02. The van der Waals surface area contributed by atoms with Gasteiger partial charge < -0.3 is 14.2 Å². The van der Waals surface area contributed by atoms with Gasteiger partial charge in [0.25, 0.3) is 5.91 Å². The maximum atomic E-state index is 11.4. The lowest BCUT2D eigenvalue weighted by atomic mass is 10.3. The van der Waals surface area contributed by atoms with Gasteiger partial charge in [-0.25, -0.2) is 5.84 Å². The summed E-state index contributed by atoms with van der Waals surface area (Å²) in [5.41, 5.74) is 2.10. The first-order valence-electron chi connectivity index (χ1n) is 6.13.